The molecule has 112 valence electrons. The summed E-state index contributed by atoms with van der Waals surface area (Å²) in [6.45, 7) is 4.53. The number of benzene rings is 1. The lowest BCUT2D eigenvalue weighted by molar-refractivity contribution is 0.155. The summed E-state index contributed by atoms with van der Waals surface area (Å²) in [5.41, 5.74) is 2.14. The van der Waals surface area contributed by atoms with Crippen LogP contribution in [0.25, 0.3) is 0 Å². The van der Waals surface area contributed by atoms with Crippen molar-refractivity contribution in [3.8, 4) is 5.75 Å². The van der Waals surface area contributed by atoms with Crippen molar-refractivity contribution in [2.75, 3.05) is 0 Å². The lowest BCUT2D eigenvalue weighted by Gasteiger charge is -2.23. The first-order chi connectivity index (χ1) is 10.2. The van der Waals surface area contributed by atoms with Crippen molar-refractivity contribution in [1.82, 2.24) is 14.8 Å². The van der Waals surface area contributed by atoms with Gasteiger partial charge in [0.25, 0.3) is 0 Å². The van der Waals surface area contributed by atoms with Crippen molar-refractivity contribution in [1.29, 1.82) is 0 Å². The topological polar surface area (TPSA) is 60.2 Å². The maximum absolute atomic E-state index is 10.1. The van der Waals surface area contributed by atoms with Crippen molar-refractivity contribution in [3.05, 3.63) is 41.5 Å². The number of hydrogen-bond donors (Lipinski definition) is 1. The van der Waals surface area contributed by atoms with Crippen molar-refractivity contribution < 1.29 is 9.84 Å². The summed E-state index contributed by atoms with van der Waals surface area (Å²) in [5, 5.41) is 14.3. The van der Waals surface area contributed by atoms with Crippen LogP contribution >= 0.6 is 0 Å². The molecule has 21 heavy (non-hydrogen) atoms. The fourth-order valence-corrected chi connectivity index (χ4v) is 2.88. The van der Waals surface area contributed by atoms with E-state index in [0.717, 1.165) is 42.0 Å². The van der Waals surface area contributed by atoms with Gasteiger partial charge in [0.2, 0.25) is 0 Å². The van der Waals surface area contributed by atoms with Crippen molar-refractivity contribution in [3.63, 3.8) is 0 Å². The van der Waals surface area contributed by atoms with E-state index in [1.165, 1.54) is 0 Å². The Morgan fingerprint density at radius 3 is 3.10 bits per heavy atom. The van der Waals surface area contributed by atoms with Gasteiger partial charge in [0, 0.05) is 6.04 Å². The highest BCUT2D eigenvalue weighted by Crippen LogP contribution is 2.35. The number of aliphatic hydroxyl groups excluding tert-OH is 1. The third-order valence-corrected chi connectivity index (χ3v) is 3.93. The lowest BCUT2D eigenvalue weighted by Crippen LogP contribution is -2.13. The number of nitrogens with zero attached hydrogens (tertiary/aromatic N) is 3. The van der Waals surface area contributed by atoms with E-state index in [1.54, 1.807) is 6.33 Å². The first kappa shape index (κ1) is 14.1. The highest BCUT2D eigenvalue weighted by Gasteiger charge is 2.21. The summed E-state index contributed by atoms with van der Waals surface area (Å²) >= 11 is 0. The quantitative estimate of drug-likeness (QED) is 0.939. The summed E-state index contributed by atoms with van der Waals surface area (Å²) in [5.74, 6) is 1.67. The van der Waals surface area contributed by atoms with Gasteiger partial charge >= 0.3 is 0 Å². The summed E-state index contributed by atoms with van der Waals surface area (Å²) in [4.78, 5) is 4.26. The molecule has 1 aliphatic carbocycles. The smallest absolute Gasteiger partial charge is 0.165 e. The van der Waals surface area contributed by atoms with E-state index >= 15 is 0 Å². The third-order valence-electron chi connectivity index (χ3n) is 3.93. The van der Waals surface area contributed by atoms with Gasteiger partial charge in [0.15, 0.2) is 5.82 Å². The minimum atomic E-state index is -0.364. The Hall–Kier alpha value is -1.88. The van der Waals surface area contributed by atoms with E-state index in [9.17, 15) is 5.11 Å². The molecule has 0 aliphatic heterocycles. The van der Waals surface area contributed by atoms with Crippen LogP contribution in [0.5, 0.6) is 5.75 Å². The van der Waals surface area contributed by atoms with Gasteiger partial charge in [-0.15, -0.1) is 0 Å². The summed E-state index contributed by atoms with van der Waals surface area (Å²) < 4.78 is 7.82. The molecule has 1 atom stereocenters. The Morgan fingerprint density at radius 2 is 2.29 bits per heavy atom. The molecule has 0 amide bonds. The van der Waals surface area contributed by atoms with Crippen LogP contribution < -0.4 is 4.74 Å². The van der Waals surface area contributed by atoms with E-state index in [0.29, 0.717) is 6.61 Å². The Bertz CT molecular complexity index is 622. The van der Waals surface area contributed by atoms with E-state index < -0.39 is 0 Å². The van der Waals surface area contributed by atoms with E-state index in [4.69, 9.17) is 4.74 Å². The van der Waals surface area contributed by atoms with Crippen LogP contribution in [0.1, 0.15) is 55.8 Å². The molecule has 5 nitrogen and oxygen atoms in total. The molecule has 1 N–H and O–H groups in total. The minimum Gasteiger partial charge on any atom is -0.485 e. The van der Waals surface area contributed by atoms with Crippen LogP contribution in [0.3, 0.4) is 0 Å². The largest absolute Gasteiger partial charge is 0.485 e. The zero-order valence-corrected chi connectivity index (χ0v) is 12.5. The number of aliphatic hydroxyl groups is 1. The average molecular weight is 287 g/mol. The number of rotatable bonds is 4. The predicted octanol–water partition coefficient (Wildman–Crippen LogP) is 2.81. The number of hydrogen-bond acceptors (Lipinski definition) is 4. The van der Waals surface area contributed by atoms with Crippen LogP contribution in [0.2, 0.25) is 0 Å². The first-order valence-corrected chi connectivity index (χ1v) is 7.48. The molecule has 1 aliphatic rings. The molecule has 0 bridgehead atoms. The molecule has 0 radical (unpaired) electrons. The summed E-state index contributed by atoms with van der Waals surface area (Å²) in [6.07, 6.45) is 3.98. The maximum Gasteiger partial charge on any atom is 0.165 e. The lowest BCUT2D eigenvalue weighted by atomic mass is 9.89. The number of ether oxygens (including phenoxy) is 1. The van der Waals surface area contributed by atoms with Gasteiger partial charge < -0.3 is 9.84 Å². The fourth-order valence-electron chi connectivity index (χ4n) is 2.88. The molecular formula is C16H21N3O2. The SMILES string of the molecule is CC(C)n1ncnc1COc1cccc2c1CCCC2O. The monoisotopic (exact) mass is 287 g/mol. The van der Waals surface area contributed by atoms with Crippen LogP contribution in [-0.2, 0) is 13.0 Å². The predicted molar refractivity (Wildman–Crippen MR) is 79.1 cm³/mol. The molecular weight excluding hydrogens is 266 g/mol. The Kier molecular flexibility index (Phi) is 3.92. The molecule has 2 aromatic rings. The summed E-state index contributed by atoms with van der Waals surface area (Å²) in [6, 6.07) is 6.16. The van der Waals surface area contributed by atoms with Crippen molar-refractivity contribution in [2.24, 2.45) is 0 Å². The molecule has 1 heterocycles. The molecule has 0 saturated carbocycles. The van der Waals surface area contributed by atoms with E-state index in [2.05, 4.69) is 23.9 Å². The fraction of sp³-hybridized carbons (Fsp3) is 0.500. The molecule has 0 fully saturated rings. The second-order valence-electron chi connectivity index (χ2n) is 5.74. The zero-order chi connectivity index (χ0) is 14.8. The highest BCUT2D eigenvalue weighted by atomic mass is 16.5. The molecule has 1 aromatic carbocycles. The Balaban J connectivity index is 1.80. The highest BCUT2D eigenvalue weighted by molar-refractivity contribution is 5.42. The third kappa shape index (κ3) is 2.78. The number of fused-ring (bicyclic) bond motifs is 1. The average Bonchev–Trinajstić information content (AvgIpc) is 2.94. The van der Waals surface area contributed by atoms with Gasteiger partial charge in [0.1, 0.15) is 18.7 Å². The molecule has 3 rings (SSSR count). The van der Waals surface area contributed by atoms with Gasteiger partial charge in [0.05, 0.1) is 6.10 Å². The second kappa shape index (κ2) is 5.85. The summed E-state index contributed by atoms with van der Waals surface area (Å²) in [7, 11) is 0. The molecule has 1 unspecified atom stereocenters. The van der Waals surface area contributed by atoms with Crippen LogP contribution in [0.4, 0.5) is 0 Å². The van der Waals surface area contributed by atoms with Gasteiger partial charge in [-0.05, 0) is 50.3 Å². The van der Waals surface area contributed by atoms with Gasteiger partial charge in [-0.1, -0.05) is 12.1 Å². The van der Waals surface area contributed by atoms with Crippen LogP contribution in [0.15, 0.2) is 24.5 Å². The Labute approximate surface area is 124 Å². The standard InChI is InChI=1S/C16H21N3O2/c1-11(2)19-16(17-10-18-19)9-21-15-8-4-5-12-13(15)6-3-7-14(12)20/h4-5,8,10-11,14,20H,3,6-7,9H2,1-2H3. The van der Waals surface area contributed by atoms with Gasteiger partial charge in [-0.3, -0.25) is 0 Å². The van der Waals surface area contributed by atoms with E-state index in [-0.39, 0.29) is 12.1 Å². The molecule has 1 aromatic heterocycles. The first-order valence-electron chi connectivity index (χ1n) is 7.48. The van der Waals surface area contributed by atoms with Gasteiger partial charge in [-0.2, -0.15) is 5.10 Å². The molecule has 5 heteroatoms. The van der Waals surface area contributed by atoms with Gasteiger partial charge in [-0.25, -0.2) is 9.67 Å². The number of aromatic nitrogens is 3. The van der Waals surface area contributed by atoms with Crippen molar-refractivity contribution in [2.45, 2.75) is 51.9 Å². The van der Waals surface area contributed by atoms with E-state index in [1.807, 2.05) is 22.9 Å². The second-order valence-corrected chi connectivity index (χ2v) is 5.74. The molecule has 0 spiro atoms. The van der Waals surface area contributed by atoms with Crippen LogP contribution in [-0.4, -0.2) is 19.9 Å². The van der Waals surface area contributed by atoms with Crippen molar-refractivity contribution >= 4 is 0 Å². The normalized spacial score (nSPS) is 17.8. The zero-order valence-electron chi connectivity index (χ0n) is 12.5. The minimum absolute atomic E-state index is 0.262. The maximum atomic E-state index is 10.1. The Morgan fingerprint density at radius 1 is 1.43 bits per heavy atom. The van der Waals surface area contributed by atoms with Crippen LogP contribution in [0, 0.1) is 0 Å². The molecule has 0 saturated heterocycles.